The van der Waals surface area contributed by atoms with Gasteiger partial charge >= 0.3 is 0 Å². The molecular weight excluding hydrogens is 701 g/mol. The number of nitrogens with zero attached hydrogens (tertiary/aromatic N) is 3. The molecule has 4 aromatic carbocycles. The topological polar surface area (TPSA) is 64.1 Å². The molecule has 0 radical (unpaired) electrons. The predicted octanol–water partition coefficient (Wildman–Crippen LogP) is 9.78. The smallest absolute Gasteiger partial charge is 0.246 e. The molecule has 6 rings (SSSR count). The second-order valence-electron chi connectivity index (χ2n) is 13.6. The van der Waals surface area contributed by atoms with E-state index in [4.69, 9.17) is 14.2 Å². The van der Waals surface area contributed by atoms with Gasteiger partial charge in [0.25, 0.3) is 0 Å². The van der Waals surface area contributed by atoms with Crippen LogP contribution in [0, 0.1) is 26.6 Å². The number of ether oxygens (including phenoxy) is 3. The van der Waals surface area contributed by atoms with Crippen LogP contribution in [0.1, 0.15) is 45.9 Å². The van der Waals surface area contributed by atoms with Gasteiger partial charge in [0.05, 0.1) is 6.20 Å². The van der Waals surface area contributed by atoms with Gasteiger partial charge < -0.3 is 19.1 Å². The minimum absolute atomic E-state index is 0. The highest BCUT2D eigenvalue weighted by atomic mass is 35.5. The van der Waals surface area contributed by atoms with Crippen molar-refractivity contribution in [2.75, 3.05) is 32.8 Å². The molecule has 1 amide bonds. The summed E-state index contributed by atoms with van der Waals surface area (Å²) in [6, 6.07) is 30.5. The van der Waals surface area contributed by atoms with Crippen molar-refractivity contribution in [3.05, 3.63) is 160 Å². The molecule has 0 N–H and O–H groups in total. The van der Waals surface area contributed by atoms with Crippen LogP contribution in [-0.2, 0) is 17.9 Å². The molecule has 0 aliphatic carbocycles. The van der Waals surface area contributed by atoms with Crippen molar-refractivity contribution >= 4 is 30.5 Å². The summed E-state index contributed by atoms with van der Waals surface area (Å²) >= 11 is 0. The van der Waals surface area contributed by atoms with Crippen LogP contribution in [0.3, 0.4) is 0 Å². The van der Waals surface area contributed by atoms with Gasteiger partial charge in [-0.25, -0.2) is 9.37 Å². The van der Waals surface area contributed by atoms with E-state index in [0.717, 1.165) is 64.5 Å². The van der Waals surface area contributed by atoms with Crippen molar-refractivity contribution < 1.29 is 23.4 Å². The molecule has 0 atom stereocenters. The minimum atomic E-state index is -0.278. The number of hydrogen-bond acceptors (Lipinski definition) is 6. The molecule has 0 bridgehead atoms. The number of pyridine rings is 1. The monoisotopic (exact) mass is 747 g/mol. The lowest BCUT2D eigenvalue weighted by atomic mass is 10.1. The maximum Gasteiger partial charge on any atom is 0.246 e. The first-order valence-corrected chi connectivity index (χ1v) is 17.9. The number of aromatic nitrogens is 1. The Labute approximate surface area is 324 Å². The number of hydrogen-bond donors (Lipinski definition) is 0. The fraction of sp³-hybridized carbons (Fsp3) is 0.244. The van der Waals surface area contributed by atoms with Gasteiger partial charge in [-0.3, -0.25) is 9.69 Å². The zero-order valence-electron chi connectivity index (χ0n) is 31.3. The van der Waals surface area contributed by atoms with Gasteiger partial charge in [-0.1, -0.05) is 60.2 Å². The third-order valence-electron chi connectivity index (χ3n) is 9.11. The second-order valence-corrected chi connectivity index (χ2v) is 13.6. The first kappa shape index (κ1) is 39.8. The van der Waals surface area contributed by atoms with E-state index >= 15 is 0 Å². The Bertz CT molecular complexity index is 2020. The van der Waals surface area contributed by atoms with E-state index in [9.17, 15) is 9.18 Å². The standard InChI is InChI=1S/C45H46FN3O4.ClH/c1-32-5-16-41(17-6-32)51-30-33(2)25-36-7-9-37(10-8-36)29-48-21-23-49(24-22-48)44(50)20-13-39-26-34(3)45(35(4)27-39)53-43-19-18-42(28-47-43)52-31-38-11-14-40(46)15-12-38;/h5-20,25-28H,21-24,29-31H2,1-4H3;1H/b20-13+,33-25?;. The Morgan fingerprint density at radius 2 is 1.43 bits per heavy atom. The first-order chi connectivity index (χ1) is 25.7. The Morgan fingerprint density at radius 1 is 0.778 bits per heavy atom. The molecule has 5 aromatic rings. The third-order valence-corrected chi connectivity index (χ3v) is 9.11. The molecule has 1 fully saturated rings. The summed E-state index contributed by atoms with van der Waals surface area (Å²) in [7, 11) is 0. The number of rotatable bonds is 13. The van der Waals surface area contributed by atoms with E-state index in [0.29, 0.717) is 37.9 Å². The number of amides is 1. The van der Waals surface area contributed by atoms with Crippen LogP contribution in [0.15, 0.2) is 115 Å². The van der Waals surface area contributed by atoms with Crippen molar-refractivity contribution in [2.24, 2.45) is 0 Å². The quantitative estimate of drug-likeness (QED) is 0.112. The zero-order chi connectivity index (χ0) is 37.2. The zero-order valence-corrected chi connectivity index (χ0v) is 32.1. The number of aryl methyl sites for hydroxylation is 3. The summed E-state index contributed by atoms with van der Waals surface area (Å²) in [6.45, 7) is 12.9. The maximum atomic E-state index is 13.1. The van der Waals surface area contributed by atoms with Crippen molar-refractivity contribution in [3.63, 3.8) is 0 Å². The van der Waals surface area contributed by atoms with Crippen molar-refractivity contribution in [1.29, 1.82) is 0 Å². The fourth-order valence-corrected chi connectivity index (χ4v) is 6.14. The summed E-state index contributed by atoms with van der Waals surface area (Å²) in [5.74, 6) is 2.38. The summed E-state index contributed by atoms with van der Waals surface area (Å²) in [5, 5.41) is 0. The summed E-state index contributed by atoms with van der Waals surface area (Å²) in [5.41, 5.74) is 8.47. The molecule has 7 nitrogen and oxygen atoms in total. The van der Waals surface area contributed by atoms with Gasteiger partial charge in [0.15, 0.2) is 0 Å². The van der Waals surface area contributed by atoms with Gasteiger partial charge in [-0.05, 0) is 115 Å². The van der Waals surface area contributed by atoms with Crippen LogP contribution < -0.4 is 14.2 Å². The predicted molar refractivity (Wildman–Crippen MR) is 216 cm³/mol. The van der Waals surface area contributed by atoms with Crippen LogP contribution >= 0.6 is 12.4 Å². The summed E-state index contributed by atoms with van der Waals surface area (Å²) in [4.78, 5) is 21.8. The van der Waals surface area contributed by atoms with E-state index in [2.05, 4.69) is 66.2 Å². The molecular formula is C45H47ClFN3O4. The first-order valence-electron chi connectivity index (χ1n) is 17.9. The average molecular weight is 748 g/mol. The van der Waals surface area contributed by atoms with Crippen LogP contribution in [0.4, 0.5) is 4.39 Å². The number of halogens is 2. The highest BCUT2D eigenvalue weighted by Crippen LogP contribution is 2.30. The van der Waals surface area contributed by atoms with E-state index in [1.807, 2.05) is 49.1 Å². The molecule has 2 heterocycles. The Morgan fingerprint density at radius 3 is 2.07 bits per heavy atom. The second kappa shape index (κ2) is 19.1. The normalized spacial score (nSPS) is 13.4. The molecule has 54 heavy (non-hydrogen) atoms. The lowest BCUT2D eigenvalue weighted by Gasteiger charge is -2.34. The van der Waals surface area contributed by atoms with Crippen molar-refractivity contribution in [3.8, 4) is 23.1 Å². The number of carbonyl (C=O) groups excluding carboxylic acids is 1. The van der Waals surface area contributed by atoms with Crippen molar-refractivity contribution in [2.45, 2.75) is 40.8 Å². The maximum absolute atomic E-state index is 13.1. The number of carbonyl (C=O) groups is 1. The highest BCUT2D eigenvalue weighted by molar-refractivity contribution is 5.92. The van der Waals surface area contributed by atoms with Gasteiger partial charge in [-0.2, -0.15) is 0 Å². The van der Waals surface area contributed by atoms with Crippen LogP contribution in [0.5, 0.6) is 23.1 Å². The van der Waals surface area contributed by atoms with Crippen LogP contribution in [-0.4, -0.2) is 53.5 Å². The molecule has 0 spiro atoms. The minimum Gasteiger partial charge on any atom is -0.489 e. The third kappa shape index (κ3) is 11.5. The average Bonchev–Trinajstić information content (AvgIpc) is 3.16. The molecule has 1 saturated heterocycles. The Balaban J connectivity index is 0.00000561. The van der Waals surface area contributed by atoms with E-state index in [1.54, 1.807) is 36.5 Å². The highest BCUT2D eigenvalue weighted by Gasteiger charge is 2.20. The van der Waals surface area contributed by atoms with E-state index < -0.39 is 0 Å². The molecule has 1 aliphatic rings. The van der Waals surface area contributed by atoms with Gasteiger partial charge in [0, 0.05) is 44.9 Å². The largest absolute Gasteiger partial charge is 0.489 e. The van der Waals surface area contributed by atoms with Gasteiger partial charge in [0.1, 0.15) is 36.3 Å². The molecule has 0 saturated carbocycles. The van der Waals surface area contributed by atoms with Crippen LogP contribution in [0.2, 0.25) is 0 Å². The fourth-order valence-electron chi connectivity index (χ4n) is 6.14. The summed E-state index contributed by atoms with van der Waals surface area (Å²) in [6.07, 6.45) is 7.30. The lowest BCUT2D eigenvalue weighted by molar-refractivity contribution is -0.127. The SMILES string of the molecule is CC(=Cc1ccc(CN2CCN(C(=O)/C=C/c3cc(C)c(Oc4ccc(OCc5ccc(F)cc5)cn4)c(C)c3)CC2)cc1)COc1ccc(C)cc1.Cl. The lowest BCUT2D eigenvalue weighted by Crippen LogP contribution is -2.47. The Kier molecular flexibility index (Phi) is 14.0. The molecule has 280 valence electrons. The molecule has 9 heteroatoms. The van der Waals surface area contributed by atoms with Gasteiger partial charge in [-0.15, -0.1) is 12.4 Å². The summed E-state index contributed by atoms with van der Waals surface area (Å²) < 4.78 is 30.9. The molecule has 0 unspecified atom stereocenters. The van der Waals surface area contributed by atoms with E-state index in [1.165, 1.54) is 23.3 Å². The number of benzene rings is 4. The number of piperazine rings is 1. The van der Waals surface area contributed by atoms with Crippen LogP contribution in [0.25, 0.3) is 12.2 Å². The Hall–Kier alpha value is -5.44. The van der Waals surface area contributed by atoms with Crippen molar-refractivity contribution in [1.82, 2.24) is 14.8 Å². The molecule has 1 aliphatic heterocycles. The van der Waals surface area contributed by atoms with Gasteiger partial charge in [0.2, 0.25) is 11.8 Å². The van der Waals surface area contributed by atoms with E-state index in [-0.39, 0.29) is 24.1 Å². The molecule has 1 aromatic heterocycles.